The van der Waals surface area contributed by atoms with Crippen LogP contribution in [0.1, 0.15) is 28.8 Å². The number of hydrogen-bond donors (Lipinski definition) is 2. The van der Waals surface area contributed by atoms with Gasteiger partial charge < -0.3 is 15.0 Å². The van der Waals surface area contributed by atoms with Crippen LogP contribution in [-0.2, 0) is 4.79 Å². The van der Waals surface area contributed by atoms with Crippen LogP contribution in [0.15, 0.2) is 17.1 Å². The monoisotopic (exact) mass is 250 g/mol. The number of aryl methyl sites for hydroxylation is 1. The number of likely N-dealkylation sites (tertiary alicyclic amines) is 1. The Bertz CT molecular complexity index is 549. The summed E-state index contributed by atoms with van der Waals surface area (Å²) in [5.41, 5.74) is 0.628. The van der Waals surface area contributed by atoms with Gasteiger partial charge in [0.2, 0.25) is 5.56 Å². The fourth-order valence-corrected chi connectivity index (χ4v) is 2.22. The minimum absolute atomic E-state index is 0.278. The summed E-state index contributed by atoms with van der Waals surface area (Å²) >= 11 is 0. The molecule has 0 radical (unpaired) electrons. The van der Waals surface area contributed by atoms with E-state index in [2.05, 4.69) is 4.98 Å². The average Bonchev–Trinajstić information content (AvgIpc) is 2.77. The Morgan fingerprint density at radius 1 is 1.50 bits per heavy atom. The lowest BCUT2D eigenvalue weighted by Crippen LogP contribution is -2.40. The quantitative estimate of drug-likeness (QED) is 0.793. The molecular formula is C12H14N2O4. The number of aromatic amines is 1. The molecule has 1 unspecified atom stereocenters. The molecule has 1 aliphatic heterocycles. The largest absolute Gasteiger partial charge is 0.480 e. The Balaban J connectivity index is 2.31. The second-order valence-corrected chi connectivity index (χ2v) is 4.39. The Morgan fingerprint density at radius 3 is 2.83 bits per heavy atom. The van der Waals surface area contributed by atoms with Gasteiger partial charge in [0.1, 0.15) is 6.04 Å². The number of carboxylic acids is 1. The van der Waals surface area contributed by atoms with Gasteiger partial charge in [0, 0.05) is 18.8 Å². The van der Waals surface area contributed by atoms with Crippen LogP contribution in [0.25, 0.3) is 0 Å². The van der Waals surface area contributed by atoms with Crippen LogP contribution in [0.4, 0.5) is 0 Å². The maximum absolute atomic E-state index is 12.2. The topological polar surface area (TPSA) is 90.5 Å². The van der Waals surface area contributed by atoms with E-state index < -0.39 is 12.0 Å². The predicted octanol–water partition coefficient (Wildman–Crippen LogP) is 0.373. The molecular weight excluding hydrogens is 236 g/mol. The average molecular weight is 250 g/mol. The van der Waals surface area contributed by atoms with Crippen LogP contribution in [0.2, 0.25) is 0 Å². The number of carbonyl (C=O) groups excluding carboxylic acids is 1. The van der Waals surface area contributed by atoms with Crippen molar-refractivity contribution in [3.05, 3.63) is 33.7 Å². The van der Waals surface area contributed by atoms with Gasteiger partial charge in [-0.05, 0) is 25.3 Å². The van der Waals surface area contributed by atoms with Crippen molar-refractivity contribution >= 4 is 11.9 Å². The molecule has 6 nitrogen and oxygen atoms in total. The predicted molar refractivity (Wildman–Crippen MR) is 63.5 cm³/mol. The summed E-state index contributed by atoms with van der Waals surface area (Å²) in [6.45, 7) is 2.10. The van der Waals surface area contributed by atoms with E-state index in [1.165, 1.54) is 17.2 Å². The molecule has 1 saturated heterocycles. The Morgan fingerprint density at radius 2 is 2.22 bits per heavy atom. The number of nitrogens with one attached hydrogen (secondary N) is 1. The van der Waals surface area contributed by atoms with E-state index >= 15 is 0 Å². The number of rotatable bonds is 2. The van der Waals surface area contributed by atoms with Gasteiger partial charge in [0.05, 0.1) is 5.56 Å². The van der Waals surface area contributed by atoms with Crippen molar-refractivity contribution in [2.75, 3.05) is 6.54 Å². The molecule has 96 valence electrons. The molecule has 0 saturated carbocycles. The molecule has 0 bridgehead atoms. The summed E-state index contributed by atoms with van der Waals surface area (Å²) in [7, 11) is 0. The van der Waals surface area contributed by atoms with Crippen LogP contribution in [0, 0.1) is 6.92 Å². The highest BCUT2D eigenvalue weighted by molar-refractivity contribution is 5.97. The Labute approximate surface area is 103 Å². The van der Waals surface area contributed by atoms with Crippen molar-refractivity contribution in [2.45, 2.75) is 25.8 Å². The lowest BCUT2D eigenvalue weighted by atomic mass is 10.1. The molecule has 1 amide bonds. The lowest BCUT2D eigenvalue weighted by Gasteiger charge is -2.22. The van der Waals surface area contributed by atoms with E-state index in [1.807, 2.05) is 0 Å². The first-order valence-electron chi connectivity index (χ1n) is 5.74. The van der Waals surface area contributed by atoms with Crippen LogP contribution in [0.3, 0.4) is 0 Å². The van der Waals surface area contributed by atoms with Gasteiger partial charge in [-0.3, -0.25) is 9.59 Å². The first-order valence-corrected chi connectivity index (χ1v) is 5.74. The SMILES string of the molecule is Cc1cc(=O)[nH]cc1C(=O)N1CCCC1C(=O)O. The van der Waals surface area contributed by atoms with Crippen molar-refractivity contribution in [1.82, 2.24) is 9.88 Å². The summed E-state index contributed by atoms with van der Waals surface area (Å²) in [5, 5.41) is 9.04. The van der Waals surface area contributed by atoms with Gasteiger partial charge in [-0.25, -0.2) is 4.79 Å². The van der Waals surface area contributed by atoms with E-state index in [1.54, 1.807) is 6.92 Å². The van der Waals surface area contributed by atoms with Gasteiger partial charge in [-0.2, -0.15) is 0 Å². The molecule has 0 aromatic carbocycles. The third kappa shape index (κ3) is 2.13. The Hall–Kier alpha value is -2.11. The molecule has 1 aromatic heterocycles. The summed E-state index contributed by atoms with van der Waals surface area (Å²) in [6.07, 6.45) is 2.51. The van der Waals surface area contributed by atoms with E-state index in [0.717, 1.165) is 0 Å². The number of aromatic nitrogens is 1. The van der Waals surface area contributed by atoms with Gasteiger partial charge in [0.15, 0.2) is 0 Å². The number of pyridine rings is 1. The number of hydrogen-bond acceptors (Lipinski definition) is 3. The second-order valence-electron chi connectivity index (χ2n) is 4.39. The summed E-state index contributed by atoms with van der Waals surface area (Å²) in [5.74, 6) is -1.32. The van der Waals surface area contributed by atoms with E-state index in [0.29, 0.717) is 30.5 Å². The molecule has 1 fully saturated rings. The highest BCUT2D eigenvalue weighted by Gasteiger charge is 2.34. The molecule has 6 heteroatoms. The van der Waals surface area contributed by atoms with Gasteiger partial charge >= 0.3 is 5.97 Å². The van der Waals surface area contributed by atoms with Crippen molar-refractivity contribution in [1.29, 1.82) is 0 Å². The molecule has 2 heterocycles. The van der Waals surface area contributed by atoms with Crippen molar-refractivity contribution in [3.8, 4) is 0 Å². The smallest absolute Gasteiger partial charge is 0.326 e. The minimum atomic E-state index is -0.983. The Kier molecular flexibility index (Phi) is 3.18. The normalized spacial score (nSPS) is 18.9. The number of carboxylic acid groups (broad SMARTS) is 1. The molecule has 0 spiro atoms. The van der Waals surface area contributed by atoms with Gasteiger partial charge in [0.25, 0.3) is 5.91 Å². The third-order valence-electron chi connectivity index (χ3n) is 3.16. The second kappa shape index (κ2) is 4.64. The van der Waals surface area contributed by atoms with Crippen molar-refractivity contribution < 1.29 is 14.7 Å². The number of aliphatic carboxylic acids is 1. The summed E-state index contributed by atoms with van der Waals surface area (Å²) in [6, 6.07) is 0.572. The molecule has 1 aromatic rings. The summed E-state index contributed by atoms with van der Waals surface area (Å²) < 4.78 is 0. The van der Waals surface area contributed by atoms with Gasteiger partial charge in [-0.15, -0.1) is 0 Å². The third-order valence-corrected chi connectivity index (χ3v) is 3.16. The maximum Gasteiger partial charge on any atom is 0.326 e. The first kappa shape index (κ1) is 12.3. The van der Waals surface area contributed by atoms with Crippen LogP contribution < -0.4 is 5.56 Å². The number of carbonyl (C=O) groups is 2. The van der Waals surface area contributed by atoms with Gasteiger partial charge in [-0.1, -0.05) is 0 Å². The highest BCUT2D eigenvalue weighted by atomic mass is 16.4. The summed E-state index contributed by atoms with van der Waals surface area (Å²) in [4.78, 5) is 38.1. The first-order chi connectivity index (χ1) is 8.50. The van der Waals surface area contributed by atoms with Crippen molar-refractivity contribution in [2.24, 2.45) is 0 Å². The van der Waals surface area contributed by atoms with Crippen molar-refractivity contribution in [3.63, 3.8) is 0 Å². The standard InChI is InChI=1S/C12H14N2O4/c1-7-5-10(15)13-6-8(7)11(16)14-4-2-3-9(14)12(17)18/h5-6,9H,2-4H2,1H3,(H,13,15)(H,17,18). The van der Waals surface area contributed by atoms with Crippen LogP contribution in [0.5, 0.6) is 0 Å². The zero-order valence-corrected chi connectivity index (χ0v) is 9.97. The van der Waals surface area contributed by atoms with Crippen LogP contribution in [-0.4, -0.2) is 39.5 Å². The van der Waals surface area contributed by atoms with Crippen LogP contribution >= 0.6 is 0 Å². The fraction of sp³-hybridized carbons (Fsp3) is 0.417. The van der Waals surface area contributed by atoms with E-state index in [4.69, 9.17) is 5.11 Å². The maximum atomic E-state index is 12.2. The fourth-order valence-electron chi connectivity index (χ4n) is 2.22. The molecule has 1 atom stereocenters. The molecule has 18 heavy (non-hydrogen) atoms. The zero-order chi connectivity index (χ0) is 13.3. The zero-order valence-electron chi connectivity index (χ0n) is 9.97. The number of amides is 1. The molecule has 2 N–H and O–H groups in total. The lowest BCUT2D eigenvalue weighted by molar-refractivity contribution is -0.141. The van der Waals surface area contributed by atoms with E-state index in [9.17, 15) is 14.4 Å². The molecule has 0 aliphatic carbocycles. The minimum Gasteiger partial charge on any atom is -0.480 e. The number of H-pyrrole nitrogens is 1. The molecule has 2 rings (SSSR count). The highest BCUT2D eigenvalue weighted by Crippen LogP contribution is 2.20. The van der Waals surface area contributed by atoms with E-state index in [-0.39, 0.29) is 11.5 Å². The number of nitrogens with zero attached hydrogens (tertiary/aromatic N) is 1. The molecule has 1 aliphatic rings.